The third-order valence-corrected chi connectivity index (χ3v) is 6.22. The molecule has 2 aromatic carbocycles. The molecule has 1 fully saturated rings. The molecule has 0 aromatic heterocycles. The molecule has 3 aliphatic heterocycles. The molecule has 0 radical (unpaired) electrons. The number of morpholine rings is 1. The van der Waals surface area contributed by atoms with Crippen LogP contribution in [-0.2, 0) is 11.3 Å². The summed E-state index contributed by atoms with van der Waals surface area (Å²) in [5, 5.41) is 0. The number of Topliss-reactive ketones (excluding diaryl/α,β-unsaturated/α-hetero) is 1. The van der Waals surface area contributed by atoms with Crippen LogP contribution in [0.1, 0.15) is 21.5 Å². The van der Waals surface area contributed by atoms with E-state index in [0.717, 1.165) is 56.3 Å². The van der Waals surface area contributed by atoms with Crippen LogP contribution in [0, 0.1) is 0 Å². The predicted octanol–water partition coefficient (Wildman–Crippen LogP) is 2.80. The maximum atomic E-state index is 13.1. The van der Waals surface area contributed by atoms with E-state index in [0.29, 0.717) is 36.1 Å². The molecule has 8 nitrogen and oxygen atoms in total. The number of fused-ring (bicyclic) bond motifs is 3. The average Bonchev–Trinajstić information content (AvgIpc) is 3.18. The zero-order valence-corrected chi connectivity index (χ0v) is 19.0. The largest absolute Gasteiger partial charge is 0.493 e. The number of carbonyl (C=O) groups excluding carboxylic acids is 1. The Labute approximate surface area is 193 Å². The van der Waals surface area contributed by atoms with Crippen LogP contribution in [0.4, 0.5) is 0 Å². The summed E-state index contributed by atoms with van der Waals surface area (Å²) in [6, 6.07) is 9.14. The van der Waals surface area contributed by atoms with E-state index < -0.39 is 0 Å². The van der Waals surface area contributed by atoms with Crippen molar-refractivity contribution in [1.29, 1.82) is 0 Å². The molecule has 2 aromatic rings. The first-order valence-electron chi connectivity index (χ1n) is 11.1. The summed E-state index contributed by atoms with van der Waals surface area (Å²) in [7, 11) is 3.17. The monoisotopic (exact) mass is 452 g/mol. The number of methoxy groups -OCH3 is 2. The lowest BCUT2D eigenvalue weighted by Gasteiger charge is -2.33. The van der Waals surface area contributed by atoms with Crippen molar-refractivity contribution in [2.75, 3.05) is 60.3 Å². The SMILES string of the molecule is COc1ccc(/C=C2\Oc3c(ccc4c3CN(CCN3CCOCC3)CO4)C2=O)cc1OC. The highest BCUT2D eigenvalue weighted by Gasteiger charge is 2.33. The molecule has 0 atom stereocenters. The van der Waals surface area contributed by atoms with Crippen molar-refractivity contribution in [2.24, 2.45) is 0 Å². The number of hydrogen-bond acceptors (Lipinski definition) is 8. The van der Waals surface area contributed by atoms with E-state index in [1.807, 2.05) is 18.2 Å². The smallest absolute Gasteiger partial charge is 0.231 e. The van der Waals surface area contributed by atoms with Crippen molar-refractivity contribution >= 4 is 11.9 Å². The second-order valence-electron chi connectivity index (χ2n) is 8.25. The normalized spacial score (nSPS) is 19.6. The Morgan fingerprint density at radius 3 is 2.58 bits per heavy atom. The third-order valence-electron chi connectivity index (χ3n) is 6.22. The molecule has 8 heteroatoms. The van der Waals surface area contributed by atoms with Crippen molar-refractivity contribution in [3.63, 3.8) is 0 Å². The molecule has 174 valence electrons. The molecule has 3 heterocycles. The second kappa shape index (κ2) is 9.43. The van der Waals surface area contributed by atoms with Crippen molar-refractivity contribution in [2.45, 2.75) is 6.54 Å². The van der Waals surface area contributed by atoms with E-state index in [-0.39, 0.29) is 11.5 Å². The van der Waals surface area contributed by atoms with Crippen LogP contribution in [0.5, 0.6) is 23.0 Å². The first-order chi connectivity index (χ1) is 16.2. The summed E-state index contributed by atoms with van der Waals surface area (Å²) in [4.78, 5) is 17.7. The fourth-order valence-corrected chi connectivity index (χ4v) is 4.35. The number of rotatable bonds is 6. The van der Waals surface area contributed by atoms with Gasteiger partial charge in [-0.2, -0.15) is 0 Å². The second-order valence-corrected chi connectivity index (χ2v) is 8.25. The first kappa shape index (κ1) is 21.8. The number of nitrogens with zero attached hydrogens (tertiary/aromatic N) is 2. The van der Waals surface area contributed by atoms with Gasteiger partial charge < -0.3 is 23.7 Å². The van der Waals surface area contributed by atoms with E-state index in [2.05, 4.69) is 9.80 Å². The van der Waals surface area contributed by atoms with E-state index in [1.165, 1.54) is 0 Å². The van der Waals surface area contributed by atoms with Gasteiger partial charge in [0.1, 0.15) is 18.2 Å². The quantitative estimate of drug-likeness (QED) is 0.620. The van der Waals surface area contributed by atoms with Crippen molar-refractivity contribution in [3.05, 3.63) is 52.8 Å². The Bertz CT molecular complexity index is 1080. The van der Waals surface area contributed by atoms with E-state index >= 15 is 0 Å². The van der Waals surface area contributed by atoms with Crippen LogP contribution in [0.25, 0.3) is 6.08 Å². The number of benzene rings is 2. The standard InChI is InChI=1S/C25H28N2O6/c1-29-21-5-3-17(13-22(21)30-2)14-23-24(28)18-4-6-20-19(25(18)33-23)15-27(16-32-20)8-7-26-9-11-31-12-10-26/h3-6,13-14H,7-12,15-16H2,1-2H3/b23-14-. The zero-order chi connectivity index (χ0) is 22.8. The number of ketones is 1. The van der Waals surface area contributed by atoms with Crippen molar-refractivity contribution < 1.29 is 28.5 Å². The van der Waals surface area contributed by atoms with Gasteiger partial charge in [-0.05, 0) is 35.9 Å². The molecule has 0 amide bonds. The summed E-state index contributed by atoms with van der Waals surface area (Å²) < 4.78 is 28.2. The molecule has 33 heavy (non-hydrogen) atoms. The Morgan fingerprint density at radius 1 is 1.00 bits per heavy atom. The third kappa shape index (κ3) is 4.42. The van der Waals surface area contributed by atoms with E-state index in [4.69, 9.17) is 23.7 Å². The van der Waals surface area contributed by atoms with Gasteiger partial charge in [0, 0.05) is 32.7 Å². The molecule has 0 spiro atoms. The zero-order valence-electron chi connectivity index (χ0n) is 19.0. The van der Waals surface area contributed by atoms with Gasteiger partial charge in [0.25, 0.3) is 0 Å². The van der Waals surface area contributed by atoms with Gasteiger partial charge in [-0.3, -0.25) is 14.6 Å². The lowest BCUT2D eigenvalue weighted by Crippen LogP contribution is -2.43. The van der Waals surface area contributed by atoms with Crippen LogP contribution in [-0.4, -0.2) is 75.9 Å². The first-order valence-corrected chi connectivity index (χ1v) is 11.1. The molecule has 0 N–H and O–H groups in total. The summed E-state index contributed by atoms with van der Waals surface area (Å²) in [5.41, 5.74) is 2.28. The van der Waals surface area contributed by atoms with Crippen LogP contribution in [0.15, 0.2) is 36.1 Å². The summed E-state index contributed by atoms with van der Waals surface area (Å²) in [6.45, 7) is 6.55. The molecule has 0 saturated carbocycles. The molecule has 0 unspecified atom stereocenters. The highest BCUT2D eigenvalue weighted by Crippen LogP contribution is 2.42. The Kier molecular flexibility index (Phi) is 6.22. The Morgan fingerprint density at radius 2 is 1.79 bits per heavy atom. The summed E-state index contributed by atoms with van der Waals surface area (Å²) in [5.74, 6) is 2.75. The van der Waals surface area contributed by atoms with Crippen LogP contribution in [0.2, 0.25) is 0 Å². The molecule has 0 bridgehead atoms. The number of ether oxygens (including phenoxy) is 5. The van der Waals surface area contributed by atoms with E-state index in [1.54, 1.807) is 32.4 Å². The molecule has 5 rings (SSSR count). The fourth-order valence-electron chi connectivity index (χ4n) is 4.35. The minimum atomic E-state index is -0.131. The van der Waals surface area contributed by atoms with Gasteiger partial charge in [-0.15, -0.1) is 0 Å². The van der Waals surface area contributed by atoms with Crippen LogP contribution < -0.4 is 18.9 Å². The molecule has 3 aliphatic rings. The molecular weight excluding hydrogens is 424 g/mol. The Hall–Kier alpha value is -3.07. The predicted molar refractivity (Wildman–Crippen MR) is 122 cm³/mol. The van der Waals surface area contributed by atoms with Gasteiger partial charge in [0.05, 0.1) is 38.6 Å². The van der Waals surface area contributed by atoms with Gasteiger partial charge in [0.2, 0.25) is 5.78 Å². The highest BCUT2D eigenvalue weighted by molar-refractivity contribution is 6.15. The van der Waals surface area contributed by atoms with Crippen molar-refractivity contribution in [3.8, 4) is 23.0 Å². The topological polar surface area (TPSA) is 69.7 Å². The number of allylic oxidation sites excluding steroid dienone is 1. The molecule has 1 saturated heterocycles. The summed E-state index contributed by atoms with van der Waals surface area (Å²) in [6.07, 6.45) is 1.73. The summed E-state index contributed by atoms with van der Waals surface area (Å²) >= 11 is 0. The average molecular weight is 453 g/mol. The Balaban J connectivity index is 1.34. The highest BCUT2D eigenvalue weighted by atomic mass is 16.5. The minimum Gasteiger partial charge on any atom is -0.493 e. The lowest BCUT2D eigenvalue weighted by molar-refractivity contribution is 0.0239. The van der Waals surface area contributed by atoms with E-state index in [9.17, 15) is 4.79 Å². The van der Waals surface area contributed by atoms with Gasteiger partial charge in [0.15, 0.2) is 17.3 Å². The lowest BCUT2D eigenvalue weighted by atomic mass is 10.0. The number of carbonyl (C=O) groups is 1. The van der Waals surface area contributed by atoms with Gasteiger partial charge in [-0.25, -0.2) is 0 Å². The van der Waals surface area contributed by atoms with Crippen molar-refractivity contribution in [1.82, 2.24) is 9.80 Å². The van der Waals surface area contributed by atoms with Crippen LogP contribution >= 0.6 is 0 Å². The van der Waals surface area contributed by atoms with Gasteiger partial charge in [-0.1, -0.05) is 6.07 Å². The maximum absolute atomic E-state index is 13.1. The number of hydrogen-bond donors (Lipinski definition) is 0. The fraction of sp³-hybridized carbons (Fsp3) is 0.400. The maximum Gasteiger partial charge on any atom is 0.231 e. The van der Waals surface area contributed by atoms with Crippen LogP contribution in [0.3, 0.4) is 0 Å². The molecular formula is C25H28N2O6. The molecule has 0 aliphatic carbocycles. The van der Waals surface area contributed by atoms with Gasteiger partial charge >= 0.3 is 0 Å². The minimum absolute atomic E-state index is 0.131.